The Bertz CT molecular complexity index is 793. The number of aliphatic hydroxyl groups excluding tert-OH is 3. The molecule has 0 aliphatic carbocycles. The van der Waals surface area contributed by atoms with Gasteiger partial charge < -0.3 is 25.2 Å². The van der Waals surface area contributed by atoms with Gasteiger partial charge in [-0.15, -0.1) is 0 Å². The van der Waals surface area contributed by atoms with Crippen molar-refractivity contribution in [3.63, 3.8) is 0 Å². The van der Waals surface area contributed by atoms with E-state index in [1.807, 2.05) is 0 Å². The lowest BCUT2D eigenvalue weighted by atomic mass is 9.91. The lowest BCUT2D eigenvalue weighted by molar-refractivity contribution is -0.216. The second-order valence-corrected chi connectivity index (χ2v) is 6.71. The summed E-state index contributed by atoms with van der Waals surface area (Å²) in [5.41, 5.74) is 1.27. The maximum Gasteiger partial charge on any atom is 0.293 e. The number of ketones is 2. The quantitative estimate of drug-likeness (QED) is 0.317. The van der Waals surface area contributed by atoms with E-state index in [1.165, 1.54) is 6.92 Å². The molecule has 4 N–H and O–H groups in total. The third-order valence-electron chi connectivity index (χ3n) is 4.52. The Labute approximate surface area is 169 Å². The first-order chi connectivity index (χ1) is 13.8. The smallest absolute Gasteiger partial charge is 0.293 e. The molecule has 0 fully saturated rings. The van der Waals surface area contributed by atoms with Crippen LogP contribution in [0.2, 0.25) is 0 Å². The Morgan fingerprint density at radius 2 is 1.34 bits per heavy atom. The summed E-state index contributed by atoms with van der Waals surface area (Å²) in [7, 11) is 0. The highest BCUT2D eigenvalue weighted by molar-refractivity contribution is 6.12. The largest absolute Gasteiger partial charge is 0.390 e. The minimum Gasteiger partial charge on any atom is -0.390 e. The first-order valence-electron chi connectivity index (χ1n) is 9.36. The van der Waals surface area contributed by atoms with Crippen molar-refractivity contribution in [3.8, 4) is 0 Å². The SMILES string of the molecule is CCO[C@@](O)(C(=O)C(O)Cc1ccccc1)C(=O)[C@H](O)C(O)Cc1ccccc1. The minimum atomic E-state index is -3.07. The van der Waals surface area contributed by atoms with Crippen LogP contribution in [0.1, 0.15) is 18.1 Å². The summed E-state index contributed by atoms with van der Waals surface area (Å²) in [4.78, 5) is 25.3. The summed E-state index contributed by atoms with van der Waals surface area (Å²) in [6, 6.07) is 17.2. The van der Waals surface area contributed by atoms with E-state index in [9.17, 15) is 30.0 Å². The Kier molecular flexibility index (Phi) is 8.19. The average Bonchev–Trinajstić information content (AvgIpc) is 2.73. The third-order valence-corrected chi connectivity index (χ3v) is 4.52. The van der Waals surface area contributed by atoms with Crippen molar-refractivity contribution in [3.05, 3.63) is 71.8 Å². The second-order valence-electron chi connectivity index (χ2n) is 6.71. The van der Waals surface area contributed by atoms with Gasteiger partial charge in [0.2, 0.25) is 11.6 Å². The van der Waals surface area contributed by atoms with Gasteiger partial charge in [0.15, 0.2) is 0 Å². The molecule has 4 atom stereocenters. The van der Waals surface area contributed by atoms with Crippen LogP contribution in [0.25, 0.3) is 0 Å². The molecule has 0 saturated carbocycles. The molecule has 0 aliphatic rings. The van der Waals surface area contributed by atoms with Gasteiger partial charge in [0.25, 0.3) is 5.79 Å². The molecule has 2 aromatic carbocycles. The second kappa shape index (κ2) is 10.4. The van der Waals surface area contributed by atoms with Gasteiger partial charge in [-0.05, 0) is 18.1 Å². The molecule has 0 bridgehead atoms. The van der Waals surface area contributed by atoms with Crippen LogP contribution in [0.5, 0.6) is 0 Å². The maximum atomic E-state index is 12.7. The Hall–Kier alpha value is -2.42. The van der Waals surface area contributed by atoms with E-state index in [4.69, 9.17) is 4.74 Å². The summed E-state index contributed by atoms with van der Waals surface area (Å²) < 4.78 is 4.96. The number of carbonyl (C=O) groups excluding carboxylic acids is 2. The number of carbonyl (C=O) groups is 2. The van der Waals surface area contributed by atoms with E-state index in [0.717, 1.165) is 0 Å². The van der Waals surface area contributed by atoms with Crippen molar-refractivity contribution in [1.29, 1.82) is 0 Å². The highest BCUT2D eigenvalue weighted by Crippen LogP contribution is 2.20. The van der Waals surface area contributed by atoms with Gasteiger partial charge in [-0.3, -0.25) is 9.59 Å². The lowest BCUT2D eigenvalue weighted by Gasteiger charge is -2.30. The van der Waals surface area contributed by atoms with Gasteiger partial charge in [-0.2, -0.15) is 0 Å². The molecule has 0 aromatic heterocycles. The number of ether oxygens (including phenoxy) is 1. The number of aliphatic hydroxyl groups is 4. The number of benzene rings is 2. The van der Waals surface area contributed by atoms with E-state index >= 15 is 0 Å². The molecule has 0 spiro atoms. The van der Waals surface area contributed by atoms with Gasteiger partial charge in [0.05, 0.1) is 6.10 Å². The lowest BCUT2D eigenvalue weighted by Crippen LogP contribution is -2.59. The van der Waals surface area contributed by atoms with Crippen LogP contribution in [-0.4, -0.2) is 62.7 Å². The molecule has 7 heteroatoms. The zero-order chi connectivity index (χ0) is 21.4. The molecule has 29 heavy (non-hydrogen) atoms. The van der Waals surface area contributed by atoms with Crippen LogP contribution in [0.3, 0.4) is 0 Å². The fourth-order valence-corrected chi connectivity index (χ4v) is 2.97. The van der Waals surface area contributed by atoms with Crippen molar-refractivity contribution in [1.82, 2.24) is 0 Å². The predicted octanol–water partition coefficient (Wildman–Crippen LogP) is 0.418. The molecule has 7 nitrogen and oxygen atoms in total. The highest BCUT2D eigenvalue weighted by atomic mass is 16.6. The molecule has 0 saturated heterocycles. The van der Waals surface area contributed by atoms with Crippen molar-refractivity contribution in [2.45, 2.75) is 43.9 Å². The summed E-state index contributed by atoms with van der Waals surface area (Å²) in [5.74, 6) is -5.78. The van der Waals surface area contributed by atoms with Crippen LogP contribution >= 0.6 is 0 Å². The molecule has 0 aliphatic heterocycles. The first kappa shape index (κ1) is 22.9. The predicted molar refractivity (Wildman–Crippen MR) is 105 cm³/mol. The molecule has 0 amide bonds. The summed E-state index contributed by atoms with van der Waals surface area (Å²) in [6.45, 7) is 1.22. The van der Waals surface area contributed by atoms with Gasteiger partial charge in [-0.1, -0.05) is 60.7 Å². The standard InChI is InChI=1S/C22H26O7/c1-2-29-22(28,20(26)18(24)14-16-11-7-4-8-12-16)21(27)19(25)17(23)13-15-9-5-3-6-10-15/h3-12,17-19,23-25,28H,2,13-14H2,1H3/t17?,18?,19-,22+/m1/s1. The maximum absolute atomic E-state index is 12.7. The van der Waals surface area contributed by atoms with E-state index in [2.05, 4.69) is 0 Å². The van der Waals surface area contributed by atoms with Gasteiger partial charge in [0, 0.05) is 19.4 Å². The van der Waals surface area contributed by atoms with Crippen LogP contribution in [0.4, 0.5) is 0 Å². The first-order valence-corrected chi connectivity index (χ1v) is 9.36. The fourth-order valence-electron chi connectivity index (χ4n) is 2.97. The minimum absolute atomic E-state index is 0.0727. The number of Topliss-reactive ketones (excluding diaryl/α,β-unsaturated/α-hetero) is 2. The molecule has 2 rings (SSSR count). The average molecular weight is 402 g/mol. The third kappa shape index (κ3) is 5.79. The molecule has 2 aromatic rings. The Balaban J connectivity index is 2.15. The molecule has 2 unspecified atom stereocenters. The number of hydrogen-bond donors (Lipinski definition) is 4. The van der Waals surface area contributed by atoms with E-state index in [0.29, 0.717) is 11.1 Å². The Morgan fingerprint density at radius 3 is 1.83 bits per heavy atom. The molecular weight excluding hydrogens is 376 g/mol. The van der Waals surface area contributed by atoms with Crippen molar-refractivity contribution in [2.75, 3.05) is 6.61 Å². The zero-order valence-corrected chi connectivity index (χ0v) is 16.1. The van der Waals surface area contributed by atoms with Gasteiger partial charge in [0.1, 0.15) is 12.2 Å². The Morgan fingerprint density at radius 1 is 0.862 bits per heavy atom. The summed E-state index contributed by atoms with van der Waals surface area (Å²) >= 11 is 0. The normalized spacial score (nSPS) is 16.4. The number of hydrogen-bond acceptors (Lipinski definition) is 7. The molecule has 156 valence electrons. The fraction of sp³-hybridized carbons (Fsp3) is 0.364. The van der Waals surface area contributed by atoms with Crippen LogP contribution in [0.15, 0.2) is 60.7 Å². The topological polar surface area (TPSA) is 124 Å². The van der Waals surface area contributed by atoms with E-state index in [1.54, 1.807) is 60.7 Å². The van der Waals surface area contributed by atoms with Crippen LogP contribution in [-0.2, 0) is 27.2 Å². The highest BCUT2D eigenvalue weighted by Gasteiger charge is 2.51. The number of rotatable bonds is 11. The van der Waals surface area contributed by atoms with E-state index in [-0.39, 0.29) is 19.4 Å². The van der Waals surface area contributed by atoms with Crippen molar-refractivity contribution >= 4 is 11.6 Å². The molecule has 0 heterocycles. The van der Waals surface area contributed by atoms with Crippen molar-refractivity contribution in [2.24, 2.45) is 0 Å². The summed E-state index contributed by atoms with van der Waals surface area (Å²) in [5, 5.41) is 41.4. The van der Waals surface area contributed by atoms with Crippen molar-refractivity contribution < 1.29 is 34.8 Å². The van der Waals surface area contributed by atoms with Gasteiger partial charge >= 0.3 is 0 Å². The zero-order valence-electron chi connectivity index (χ0n) is 16.1. The summed E-state index contributed by atoms with van der Waals surface area (Å²) in [6.07, 6.45) is -5.62. The van der Waals surface area contributed by atoms with E-state index < -0.39 is 35.7 Å². The van der Waals surface area contributed by atoms with Crippen LogP contribution < -0.4 is 0 Å². The molecular formula is C22H26O7. The van der Waals surface area contributed by atoms with Crippen LogP contribution in [0, 0.1) is 0 Å². The monoisotopic (exact) mass is 402 g/mol. The van der Waals surface area contributed by atoms with Gasteiger partial charge in [-0.25, -0.2) is 0 Å². The molecule has 0 radical (unpaired) electrons.